The summed E-state index contributed by atoms with van der Waals surface area (Å²) < 4.78 is 1.17. The Morgan fingerprint density at radius 2 is 2.26 bits per heavy atom. The Kier molecular flexibility index (Phi) is 5.43. The molecule has 0 bridgehead atoms. The second kappa shape index (κ2) is 6.87. The van der Waals surface area contributed by atoms with Crippen molar-refractivity contribution in [2.24, 2.45) is 5.41 Å². The summed E-state index contributed by atoms with van der Waals surface area (Å²) in [6.07, 6.45) is 3.95. The fourth-order valence-electron chi connectivity index (χ4n) is 3.15. The van der Waals surface area contributed by atoms with Crippen molar-refractivity contribution in [3.05, 3.63) is 34.3 Å². The first-order chi connectivity index (χ1) is 9.13. The molecule has 1 N–H and O–H groups in total. The lowest BCUT2D eigenvalue weighted by Crippen LogP contribution is -2.46. The van der Waals surface area contributed by atoms with Gasteiger partial charge in [0.1, 0.15) is 0 Å². The largest absolute Gasteiger partial charge is 0.316 e. The number of hydrogen-bond acceptors (Lipinski definition) is 2. The summed E-state index contributed by atoms with van der Waals surface area (Å²) in [6, 6.07) is 8.63. The molecule has 19 heavy (non-hydrogen) atoms. The molecule has 0 aromatic heterocycles. The highest BCUT2D eigenvalue weighted by Crippen LogP contribution is 2.31. The molecule has 0 saturated carbocycles. The second-order valence-electron chi connectivity index (χ2n) is 5.94. The van der Waals surface area contributed by atoms with Crippen LogP contribution in [0, 0.1) is 5.41 Å². The minimum absolute atomic E-state index is 0.471. The van der Waals surface area contributed by atoms with Crippen LogP contribution in [-0.4, -0.2) is 31.6 Å². The molecule has 1 aliphatic rings. The van der Waals surface area contributed by atoms with E-state index in [1.807, 2.05) is 0 Å². The Balaban J connectivity index is 1.94. The summed E-state index contributed by atoms with van der Waals surface area (Å²) >= 11 is 3.55. The normalized spacial score (nSPS) is 23.8. The molecular formula is C16H25BrN2. The fourth-order valence-corrected chi connectivity index (χ4v) is 3.60. The molecular weight excluding hydrogens is 300 g/mol. The molecule has 0 spiro atoms. The van der Waals surface area contributed by atoms with Crippen LogP contribution in [-0.2, 0) is 6.54 Å². The number of nitrogens with zero attached hydrogens (tertiary/aromatic N) is 1. The molecule has 0 aliphatic carbocycles. The average molecular weight is 325 g/mol. The highest BCUT2D eigenvalue weighted by Gasteiger charge is 2.31. The maximum Gasteiger partial charge on any atom is 0.0231 e. The predicted octanol–water partition coefficient (Wildman–Crippen LogP) is 3.66. The molecule has 1 atom stereocenters. The van der Waals surface area contributed by atoms with Crippen LogP contribution in [0.1, 0.15) is 31.7 Å². The van der Waals surface area contributed by atoms with Crippen LogP contribution in [0.4, 0.5) is 0 Å². The molecule has 1 aliphatic heterocycles. The number of halogens is 1. The Bertz CT molecular complexity index is 399. The van der Waals surface area contributed by atoms with Gasteiger partial charge >= 0.3 is 0 Å². The van der Waals surface area contributed by atoms with E-state index in [1.165, 1.54) is 48.9 Å². The molecule has 1 saturated heterocycles. The second-order valence-corrected chi connectivity index (χ2v) is 6.85. The summed E-state index contributed by atoms with van der Waals surface area (Å²) in [4.78, 5) is 2.47. The third kappa shape index (κ3) is 4.30. The Morgan fingerprint density at radius 1 is 1.42 bits per heavy atom. The van der Waals surface area contributed by atoms with Gasteiger partial charge in [-0.05, 0) is 56.0 Å². The molecule has 1 aromatic carbocycles. The Hall–Kier alpha value is -0.380. The number of benzene rings is 1. The van der Waals surface area contributed by atoms with E-state index in [-0.39, 0.29) is 0 Å². The molecule has 0 radical (unpaired) electrons. The van der Waals surface area contributed by atoms with Crippen molar-refractivity contribution in [1.82, 2.24) is 10.2 Å². The van der Waals surface area contributed by atoms with Gasteiger partial charge in [0.2, 0.25) is 0 Å². The van der Waals surface area contributed by atoms with E-state index < -0.39 is 0 Å². The maximum atomic E-state index is 3.57. The summed E-state index contributed by atoms with van der Waals surface area (Å²) in [5, 5.41) is 3.57. The molecule has 0 amide bonds. The molecule has 106 valence electrons. The topological polar surface area (TPSA) is 15.3 Å². The first kappa shape index (κ1) is 15.0. The van der Waals surface area contributed by atoms with Crippen molar-refractivity contribution in [1.29, 1.82) is 0 Å². The third-order valence-corrected chi connectivity index (χ3v) is 4.75. The Labute approximate surface area is 125 Å². The first-order valence-corrected chi connectivity index (χ1v) is 8.06. The van der Waals surface area contributed by atoms with E-state index >= 15 is 0 Å². The van der Waals surface area contributed by atoms with E-state index in [0.29, 0.717) is 5.41 Å². The minimum Gasteiger partial charge on any atom is -0.316 e. The highest BCUT2D eigenvalue weighted by molar-refractivity contribution is 9.10. The zero-order chi connectivity index (χ0) is 13.7. The summed E-state index contributed by atoms with van der Waals surface area (Å²) in [5.41, 5.74) is 1.85. The fraction of sp³-hybridized carbons (Fsp3) is 0.625. The van der Waals surface area contributed by atoms with Gasteiger partial charge in [-0.3, -0.25) is 0 Å². The number of nitrogens with one attached hydrogen (secondary N) is 1. The van der Waals surface area contributed by atoms with Gasteiger partial charge in [-0.15, -0.1) is 0 Å². The van der Waals surface area contributed by atoms with Crippen LogP contribution >= 0.6 is 15.9 Å². The van der Waals surface area contributed by atoms with Crippen LogP contribution in [0.2, 0.25) is 0 Å². The molecule has 2 rings (SSSR count). The average Bonchev–Trinajstić information content (AvgIpc) is 2.39. The van der Waals surface area contributed by atoms with E-state index in [2.05, 4.69) is 64.4 Å². The third-order valence-electron chi connectivity index (χ3n) is 4.26. The van der Waals surface area contributed by atoms with Crippen molar-refractivity contribution in [3.63, 3.8) is 0 Å². The molecule has 1 fully saturated rings. The van der Waals surface area contributed by atoms with Crippen LogP contribution in [0.5, 0.6) is 0 Å². The zero-order valence-corrected chi connectivity index (χ0v) is 13.7. The maximum absolute atomic E-state index is 3.57. The quantitative estimate of drug-likeness (QED) is 0.889. The van der Waals surface area contributed by atoms with Crippen LogP contribution in [0.15, 0.2) is 28.7 Å². The zero-order valence-electron chi connectivity index (χ0n) is 12.1. The molecule has 2 nitrogen and oxygen atoms in total. The van der Waals surface area contributed by atoms with Gasteiger partial charge < -0.3 is 10.2 Å². The number of hydrogen-bond donors (Lipinski definition) is 1. The van der Waals surface area contributed by atoms with E-state index in [9.17, 15) is 0 Å². The van der Waals surface area contributed by atoms with Crippen LogP contribution in [0.3, 0.4) is 0 Å². The monoisotopic (exact) mass is 324 g/mol. The van der Waals surface area contributed by atoms with Crippen molar-refractivity contribution >= 4 is 15.9 Å². The van der Waals surface area contributed by atoms with Crippen molar-refractivity contribution in [2.75, 3.05) is 26.7 Å². The molecule has 1 heterocycles. The van der Waals surface area contributed by atoms with Crippen molar-refractivity contribution in [3.8, 4) is 0 Å². The number of rotatable bonds is 5. The van der Waals surface area contributed by atoms with Gasteiger partial charge in [0, 0.05) is 24.1 Å². The van der Waals surface area contributed by atoms with Crippen molar-refractivity contribution < 1.29 is 0 Å². The van der Waals surface area contributed by atoms with Gasteiger partial charge in [-0.2, -0.15) is 0 Å². The van der Waals surface area contributed by atoms with E-state index in [1.54, 1.807) is 0 Å². The summed E-state index contributed by atoms with van der Waals surface area (Å²) in [7, 11) is 2.24. The van der Waals surface area contributed by atoms with Crippen LogP contribution in [0.25, 0.3) is 0 Å². The highest BCUT2D eigenvalue weighted by atomic mass is 79.9. The smallest absolute Gasteiger partial charge is 0.0231 e. The lowest BCUT2D eigenvalue weighted by molar-refractivity contribution is 0.125. The molecule has 1 aromatic rings. The SMILES string of the molecule is CCC1(CN(C)Cc2cccc(Br)c2)CCCNC1. The van der Waals surface area contributed by atoms with Crippen molar-refractivity contribution in [2.45, 2.75) is 32.7 Å². The van der Waals surface area contributed by atoms with Gasteiger partial charge in [0.15, 0.2) is 0 Å². The van der Waals surface area contributed by atoms with Crippen LogP contribution < -0.4 is 5.32 Å². The summed E-state index contributed by atoms with van der Waals surface area (Å²) in [6.45, 7) is 6.91. The first-order valence-electron chi connectivity index (χ1n) is 7.27. The summed E-state index contributed by atoms with van der Waals surface area (Å²) in [5.74, 6) is 0. The standard InChI is InChI=1S/C16H25BrN2/c1-3-16(8-5-9-18-12-16)13-19(2)11-14-6-4-7-15(17)10-14/h4,6-7,10,18H,3,5,8-9,11-13H2,1-2H3. The lowest BCUT2D eigenvalue weighted by Gasteiger charge is -2.40. The molecule has 1 unspecified atom stereocenters. The number of piperidine rings is 1. The minimum atomic E-state index is 0.471. The van der Waals surface area contributed by atoms with Gasteiger partial charge in [0.25, 0.3) is 0 Å². The predicted molar refractivity (Wildman–Crippen MR) is 85.3 cm³/mol. The Morgan fingerprint density at radius 3 is 2.89 bits per heavy atom. The lowest BCUT2D eigenvalue weighted by atomic mass is 9.78. The van der Waals surface area contributed by atoms with E-state index in [0.717, 1.165) is 6.54 Å². The molecule has 3 heteroatoms. The van der Waals surface area contributed by atoms with E-state index in [4.69, 9.17) is 0 Å². The van der Waals surface area contributed by atoms with Gasteiger partial charge in [-0.25, -0.2) is 0 Å². The van der Waals surface area contributed by atoms with Gasteiger partial charge in [0.05, 0.1) is 0 Å². The van der Waals surface area contributed by atoms with Gasteiger partial charge in [-0.1, -0.05) is 35.0 Å².